The van der Waals surface area contributed by atoms with E-state index in [4.69, 9.17) is 27.1 Å². The average Bonchev–Trinajstić information content (AvgIpc) is 3.32. The SMILES string of the molecule is CC(=O)N1CCN(c2nc(C)nc3cc(Br)c(Cl)cc23)CC1CC#N.CC(C)O.CN1CCCC1.CO. The monoisotopic (exact) mass is 598 g/mol. The topological polar surface area (TPSA) is 117 Å². The van der Waals surface area contributed by atoms with Gasteiger partial charge in [0.05, 0.1) is 29.1 Å². The summed E-state index contributed by atoms with van der Waals surface area (Å²) in [5, 5.41) is 25.6. The molecule has 3 heterocycles. The number of nitrogens with zero attached hydrogens (tertiary/aromatic N) is 6. The fourth-order valence-corrected chi connectivity index (χ4v) is 4.57. The first-order valence-corrected chi connectivity index (χ1v) is 13.5. The predicted octanol–water partition coefficient (Wildman–Crippen LogP) is 4.01. The minimum atomic E-state index is -0.167. The van der Waals surface area contributed by atoms with E-state index in [1.807, 2.05) is 19.1 Å². The molecule has 206 valence electrons. The largest absolute Gasteiger partial charge is 0.400 e. The Kier molecular flexibility index (Phi) is 14.9. The molecule has 4 rings (SSSR count). The number of hydrogen-bond donors (Lipinski definition) is 2. The first kappa shape index (κ1) is 33.0. The van der Waals surface area contributed by atoms with Crippen LogP contribution in [0.5, 0.6) is 0 Å². The minimum Gasteiger partial charge on any atom is -0.400 e. The lowest BCUT2D eigenvalue weighted by Crippen LogP contribution is -2.55. The molecule has 0 saturated carbocycles. The third-order valence-corrected chi connectivity index (χ3v) is 6.87. The highest BCUT2D eigenvalue weighted by Crippen LogP contribution is 2.33. The fraction of sp³-hybridized carbons (Fsp3) is 0.615. The van der Waals surface area contributed by atoms with E-state index in [0.29, 0.717) is 36.9 Å². The van der Waals surface area contributed by atoms with Crippen molar-refractivity contribution >= 4 is 50.2 Å². The normalized spacial score (nSPS) is 17.2. The lowest BCUT2D eigenvalue weighted by molar-refractivity contribution is -0.131. The van der Waals surface area contributed by atoms with Gasteiger partial charge in [0, 0.05) is 49.6 Å². The minimum absolute atomic E-state index is 0.00407. The number of likely N-dealkylation sites (tertiary alicyclic amines) is 1. The number of aromatic nitrogens is 2. The summed E-state index contributed by atoms with van der Waals surface area (Å²) in [6.45, 7) is 11.3. The zero-order valence-electron chi connectivity index (χ0n) is 22.7. The van der Waals surface area contributed by atoms with E-state index in [1.165, 1.54) is 25.9 Å². The Hall–Kier alpha value is -2.03. The number of rotatable bonds is 2. The maximum atomic E-state index is 11.8. The summed E-state index contributed by atoms with van der Waals surface area (Å²) < 4.78 is 0.787. The molecule has 0 radical (unpaired) electrons. The molecule has 1 atom stereocenters. The van der Waals surface area contributed by atoms with Crippen LogP contribution >= 0.6 is 27.5 Å². The smallest absolute Gasteiger partial charge is 0.219 e. The molecule has 0 bridgehead atoms. The number of carbonyl (C=O) groups excluding carboxylic acids is 1. The Morgan fingerprint density at radius 1 is 1.22 bits per heavy atom. The highest BCUT2D eigenvalue weighted by atomic mass is 79.9. The van der Waals surface area contributed by atoms with Gasteiger partial charge in [-0.3, -0.25) is 4.79 Å². The number of benzene rings is 1. The summed E-state index contributed by atoms with van der Waals surface area (Å²) in [7, 11) is 3.17. The van der Waals surface area contributed by atoms with E-state index in [0.717, 1.165) is 28.3 Å². The van der Waals surface area contributed by atoms with E-state index in [9.17, 15) is 4.79 Å². The van der Waals surface area contributed by atoms with Gasteiger partial charge in [-0.05, 0) is 81.8 Å². The van der Waals surface area contributed by atoms with Crippen molar-refractivity contribution in [1.82, 2.24) is 19.8 Å². The molecule has 37 heavy (non-hydrogen) atoms. The molecule has 1 amide bonds. The van der Waals surface area contributed by atoms with Crippen LogP contribution in [0.2, 0.25) is 5.02 Å². The standard InChI is InChI=1S/C17H17BrClN5O.C5H11N.C3H8O.CH4O/c1-10-21-16-8-14(18)15(19)7-13(16)17(22-10)23-5-6-24(11(2)25)12(9-23)3-4-20;1-6-4-2-3-5-6;1-3(2)4;1-2/h7-8,12H,3,5-6,9H2,1-2H3;2-5H2,1H3;3-4H,1-2H3;2H,1H3. The second-order valence-corrected chi connectivity index (χ2v) is 10.4. The summed E-state index contributed by atoms with van der Waals surface area (Å²) in [5.74, 6) is 1.46. The van der Waals surface area contributed by atoms with Gasteiger partial charge in [0.2, 0.25) is 5.91 Å². The maximum Gasteiger partial charge on any atom is 0.219 e. The highest BCUT2D eigenvalue weighted by Gasteiger charge is 2.30. The molecular weight excluding hydrogens is 560 g/mol. The average molecular weight is 600 g/mol. The third-order valence-electron chi connectivity index (χ3n) is 5.67. The van der Waals surface area contributed by atoms with Crippen LogP contribution in [0, 0.1) is 18.3 Å². The van der Waals surface area contributed by atoms with Gasteiger partial charge >= 0.3 is 0 Å². The van der Waals surface area contributed by atoms with E-state index in [-0.39, 0.29) is 18.1 Å². The number of aryl methyl sites for hydroxylation is 1. The van der Waals surface area contributed by atoms with E-state index in [2.05, 4.69) is 48.8 Å². The van der Waals surface area contributed by atoms with Crippen LogP contribution in [-0.2, 0) is 4.79 Å². The maximum absolute atomic E-state index is 11.8. The number of fused-ring (bicyclic) bond motifs is 1. The molecule has 11 heteroatoms. The van der Waals surface area contributed by atoms with Crippen molar-refractivity contribution in [2.45, 2.75) is 59.1 Å². The molecule has 0 spiro atoms. The number of aliphatic hydroxyl groups excluding tert-OH is 2. The van der Waals surface area contributed by atoms with Crippen LogP contribution < -0.4 is 4.90 Å². The van der Waals surface area contributed by atoms with Crippen molar-refractivity contribution in [3.63, 3.8) is 0 Å². The number of hydrogen-bond acceptors (Lipinski definition) is 8. The summed E-state index contributed by atoms with van der Waals surface area (Å²) >= 11 is 9.69. The Balaban J connectivity index is 0.000000474. The van der Waals surface area contributed by atoms with Crippen molar-refractivity contribution in [2.75, 3.05) is 51.8 Å². The summed E-state index contributed by atoms with van der Waals surface area (Å²) in [6, 6.07) is 5.77. The van der Waals surface area contributed by atoms with Crippen LogP contribution in [0.3, 0.4) is 0 Å². The Morgan fingerprint density at radius 2 is 1.81 bits per heavy atom. The predicted molar refractivity (Wildman–Crippen MR) is 153 cm³/mol. The third kappa shape index (κ3) is 10.7. The van der Waals surface area contributed by atoms with Gasteiger partial charge in [-0.25, -0.2) is 9.97 Å². The number of anilines is 1. The van der Waals surface area contributed by atoms with Gasteiger partial charge in [0.15, 0.2) is 0 Å². The molecule has 1 unspecified atom stereocenters. The van der Waals surface area contributed by atoms with E-state index in [1.54, 1.807) is 25.7 Å². The van der Waals surface area contributed by atoms with Gasteiger partial charge < -0.3 is 24.9 Å². The van der Waals surface area contributed by atoms with Gasteiger partial charge in [-0.2, -0.15) is 5.26 Å². The zero-order valence-corrected chi connectivity index (χ0v) is 25.1. The molecule has 2 aliphatic heterocycles. The molecule has 2 saturated heterocycles. The lowest BCUT2D eigenvalue weighted by Gasteiger charge is -2.41. The quantitative estimate of drug-likeness (QED) is 0.532. The molecule has 2 aliphatic rings. The van der Waals surface area contributed by atoms with Crippen molar-refractivity contribution in [3.8, 4) is 6.07 Å². The van der Waals surface area contributed by atoms with Crippen molar-refractivity contribution < 1.29 is 15.0 Å². The van der Waals surface area contributed by atoms with Crippen LogP contribution in [-0.4, -0.2) is 94.9 Å². The molecule has 9 nitrogen and oxygen atoms in total. The molecule has 2 fully saturated rings. The molecular formula is C26H40BrClN6O3. The first-order valence-electron chi connectivity index (χ1n) is 12.4. The molecule has 2 aromatic rings. The Labute approximate surface area is 234 Å². The number of halogens is 2. The number of nitriles is 1. The van der Waals surface area contributed by atoms with Gasteiger partial charge in [0.1, 0.15) is 11.6 Å². The van der Waals surface area contributed by atoms with E-state index < -0.39 is 0 Å². The van der Waals surface area contributed by atoms with Crippen LogP contribution in [0.15, 0.2) is 16.6 Å². The summed E-state index contributed by atoms with van der Waals surface area (Å²) in [5.41, 5.74) is 0.810. The zero-order chi connectivity index (χ0) is 28.1. The van der Waals surface area contributed by atoms with Crippen molar-refractivity contribution in [3.05, 3.63) is 27.5 Å². The number of amides is 1. The number of carbonyl (C=O) groups is 1. The van der Waals surface area contributed by atoms with Gasteiger partial charge in [-0.1, -0.05) is 11.6 Å². The summed E-state index contributed by atoms with van der Waals surface area (Å²) in [6.07, 6.45) is 2.96. The number of piperazine rings is 1. The fourth-order valence-electron chi connectivity index (χ4n) is 4.08. The van der Waals surface area contributed by atoms with Crippen molar-refractivity contribution in [2.24, 2.45) is 0 Å². The van der Waals surface area contributed by atoms with Crippen molar-refractivity contribution in [1.29, 1.82) is 5.26 Å². The molecule has 1 aromatic carbocycles. The highest BCUT2D eigenvalue weighted by molar-refractivity contribution is 9.10. The molecule has 0 aliphatic carbocycles. The van der Waals surface area contributed by atoms with Gasteiger partial charge in [0.25, 0.3) is 0 Å². The molecule has 1 aromatic heterocycles. The van der Waals surface area contributed by atoms with Crippen LogP contribution in [0.25, 0.3) is 10.9 Å². The van der Waals surface area contributed by atoms with E-state index >= 15 is 0 Å². The first-order chi connectivity index (χ1) is 17.5. The lowest BCUT2D eigenvalue weighted by atomic mass is 10.1. The van der Waals surface area contributed by atoms with Crippen LogP contribution in [0.1, 0.15) is 45.9 Å². The molecule has 2 N–H and O–H groups in total. The second kappa shape index (κ2) is 16.7. The summed E-state index contributed by atoms with van der Waals surface area (Å²) in [4.78, 5) is 27.2. The van der Waals surface area contributed by atoms with Crippen LogP contribution in [0.4, 0.5) is 5.82 Å². The Bertz CT molecular complexity index is 1040. The Morgan fingerprint density at radius 3 is 2.30 bits per heavy atom. The number of aliphatic hydroxyl groups is 2. The van der Waals surface area contributed by atoms with Gasteiger partial charge in [-0.15, -0.1) is 0 Å². The second-order valence-electron chi connectivity index (χ2n) is 9.16.